The van der Waals surface area contributed by atoms with Crippen LogP contribution in [0.25, 0.3) is 10.9 Å². The molecule has 2 aromatic rings. The lowest BCUT2D eigenvalue weighted by molar-refractivity contribution is -0.126. The van der Waals surface area contributed by atoms with Gasteiger partial charge < -0.3 is 10.6 Å². The Bertz CT molecular complexity index is 1320. The minimum Gasteiger partial charge on any atom is -0.383 e. The molecule has 33 heavy (non-hydrogen) atoms. The Hall–Kier alpha value is -1.95. The molecule has 0 spiro atoms. The summed E-state index contributed by atoms with van der Waals surface area (Å²) in [5.74, 6) is -0.657. The van der Waals surface area contributed by atoms with Crippen LogP contribution in [0.5, 0.6) is 0 Å². The average Bonchev–Trinajstić information content (AvgIpc) is 2.98. The molecule has 2 unspecified atom stereocenters. The Balaban J connectivity index is 1.73. The highest BCUT2D eigenvalue weighted by Crippen LogP contribution is 2.36. The van der Waals surface area contributed by atoms with Crippen LogP contribution < -0.4 is 10.6 Å². The van der Waals surface area contributed by atoms with Gasteiger partial charge in [-0.3, -0.25) is 9.78 Å². The van der Waals surface area contributed by atoms with Crippen LogP contribution in [0.4, 0.5) is 5.69 Å². The number of sulfone groups is 1. The molecule has 2 aliphatic rings. The van der Waals surface area contributed by atoms with Gasteiger partial charge in [-0.2, -0.15) is 4.31 Å². The molecule has 2 N–H and O–H groups in total. The van der Waals surface area contributed by atoms with Crippen LogP contribution in [0.15, 0.2) is 29.3 Å². The van der Waals surface area contributed by atoms with Gasteiger partial charge in [-0.1, -0.05) is 18.5 Å². The van der Waals surface area contributed by atoms with E-state index in [1.165, 1.54) is 16.6 Å². The smallest absolute Gasteiger partial charge is 0.246 e. The number of hydrogen-bond donors (Lipinski definition) is 2. The van der Waals surface area contributed by atoms with Crippen molar-refractivity contribution in [2.75, 3.05) is 43.0 Å². The van der Waals surface area contributed by atoms with E-state index >= 15 is 0 Å². The normalized spacial score (nSPS) is 26.2. The third kappa shape index (κ3) is 4.68. The molecule has 0 saturated carbocycles. The van der Waals surface area contributed by atoms with Crippen molar-refractivity contribution in [3.05, 3.63) is 29.4 Å². The van der Waals surface area contributed by atoms with Gasteiger partial charge in [0.2, 0.25) is 15.9 Å². The van der Waals surface area contributed by atoms with Crippen molar-refractivity contribution in [1.29, 1.82) is 0 Å². The number of hydrogen-bond acceptors (Lipinski definition) is 7. The summed E-state index contributed by atoms with van der Waals surface area (Å²) in [6.45, 7) is 4.55. The van der Waals surface area contributed by atoms with Crippen molar-refractivity contribution in [2.24, 2.45) is 11.3 Å². The number of aromatic nitrogens is 1. The summed E-state index contributed by atoms with van der Waals surface area (Å²) in [5, 5.41) is 6.68. The topological polar surface area (TPSA) is 126 Å². The van der Waals surface area contributed by atoms with E-state index in [-0.39, 0.29) is 51.9 Å². The van der Waals surface area contributed by atoms with Gasteiger partial charge in [0.05, 0.1) is 27.5 Å². The van der Waals surface area contributed by atoms with Crippen LogP contribution in [-0.2, 0) is 24.7 Å². The second-order valence-electron chi connectivity index (χ2n) is 9.13. The summed E-state index contributed by atoms with van der Waals surface area (Å²) in [7, 11) is -7.44. The summed E-state index contributed by atoms with van der Waals surface area (Å²) in [6.07, 6.45) is 2.19. The predicted octanol–water partition coefficient (Wildman–Crippen LogP) is 1.88. The van der Waals surface area contributed by atoms with Crippen molar-refractivity contribution < 1.29 is 21.6 Å². The molecule has 2 atom stereocenters. The van der Waals surface area contributed by atoms with Crippen LogP contribution in [-0.4, -0.2) is 69.7 Å². The maximum absolute atomic E-state index is 13.6. The van der Waals surface area contributed by atoms with Gasteiger partial charge in [-0.15, -0.1) is 0 Å². The molecule has 1 amide bonds. The minimum atomic E-state index is -4.11. The number of amides is 1. The van der Waals surface area contributed by atoms with Gasteiger partial charge >= 0.3 is 0 Å². The lowest BCUT2D eigenvalue weighted by atomic mass is 9.89. The molecule has 0 bridgehead atoms. The number of pyridine rings is 1. The number of rotatable bonds is 5. The van der Waals surface area contributed by atoms with E-state index < -0.39 is 25.3 Å². The molecule has 12 heteroatoms. The molecule has 2 saturated heterocycles. The number of fused-ring (bicyclic) bond motifs is 1. The van der Waals surface area contributed by atoms with Crippen molar-refractivity contribution in [3.8, 4) is 0 Å². The summed E-state index contributed by atoms with van der Waals surface area (Å²) in [4.78, 5) is 16.4. The van der Waals surface area contributed by atoms with Crippen molar-refractivity contribution in [3.63, 3.8) is 0 Å². The molecule has 2 aliphatic heterocycles. The number of carbonyl (C=O) groups excluding carboxylic acids is 1. The average molecular weight is 515 g/mol. The predicted molar refractivity (Wildman–Crippen MR) is 128 cm³/mol. The van der Waals surface area contributed by atoms with Gasteiger partial charge in [0.1, 0.15) is 4.90 Å². The highest BCUT2D eigenvalue weighted by Gasteiger charge is 2.38. The van der Waals surface area contributed by atoms with E-state index in [0.29, 0.717) is 30.6 Å². The molecule has 3 heterocycles. The first-order valence-electron chi connectivity index (χ1n) is 10.7. The van der Waals surface area contributed by atoms with Crippen LogP contribution in [0.3, 0.4) is 0 Å². The molecule has 0 radical (unpaired) electrons. The van der Waals surface area contributed by atoms with E-state index in [1.807, 2.05) is 6.92 Å². The van der Waals surface area contributed by atoms with E-state index in [4.69, 9.17) is 11.6 Å². The zero-order valence-electron chi connectivity index (χ0n) is 18.5. The third-order valence-corrected chi connectivity index (χ3v) is 10.6. The maximum atomic E-state index is 13.6. The van der Waals surface area contributed by atoms with Gasteiger partial charge in [0.15, 0.2) is 9.84 Å². The minimum absolute atomic E-state index is 0.0223. The standard InChI is InChI=1S/C21H27ClN4O5S2/c1-14-11-26(9-10-32(28,29)12-14)33(30,31)19-16(22)4-3-15-17(5-7-23-18(15)19)25-13-21(2)6-8-24-20(21)27/h3-5,7,14H,6,8-13H2,1-2H3,(H,23,25)(H,24,27). The molecule has 180 valence electrons. The fraction of sp³-hybridized carbons (Fsp3) is 0.524. The highest BCUT2D eigenvalue weighted by molar-refractivity contribution is 7.91. The Kier molecular flexibility index (Phi) is 6.36. The molecule has 0 aliphatic carbocycles. The van der Waals surface area contributed by atoms with Crippen LogP contribution in [0.2, 0.25) is 5.02 Å². The monoisotopic (exact) mass is 514 g/mol. The van der Waals surface area contributed by atoms with E-state index in [0.717, 1.165) is 0 Å². The molecule has 2 fully saturated rings. The van der Waals surface area contributed by atoms with Gasteiger partial charge in [-0.05, 0) is 37.5 Å². The summed E-state index contributed by atoms with van der Waals surface area (Å²) in [6, 6.07) is 4.92. The zero-order valence-corrected chi connectivity index (χ0v) is 20.9. The molecule has 9 nitrogen and oxygen atoms in total. The van der Waals surface area contributed by atoms with E-state index in [1.54, 1.807) is 19.1 Å². The fourth-order valence-corrected chi connectivity index (χ4v) is 8.36. The molecule has 4 rings (SSSR count). The third-order valence-electron chi connectivity index (χ3n) is 6.30. The first-order valence-corrected chi connectivity index (χ1v) is 14.4. The van der Waals surface area contributed by atoms with Crippen LogP contribution in [0.1, 0.15) is 20.3 Å². The number of carbonyl (C=O) groups is 1. The van der Waals surface area contributed by atoms with Crippen molar-refractivity contribution in [1.82, 2.24) is 14.6 Å². The van der Waals surface area contributed by atoms with Gasteiger partial charge in [0, 0.05) is 43.4 Å². The number of nitrogens with zero attached hydrogens (tertiary/aromatic N) is 2. The summed E-state index contributed by atoms with van der Waals surface area (Å²) < 4.78 is 52.8. The zero-order chi connectivity index (χ0) is 24.0. The van der Waals surface area contributed by atoms with Gasteiger partial charge in [0.25, 0.3) is 0 Å². The molecular formula is C21H27ClN4O5S2. The quantitative estimate of drug-likeness (QED) is 0.624. The first-order chi connectivity index (χ1) is 15.4. The molecular weight excluding hydrogens is 488 g/mol. The van der Waals surface area contributed by atoms with Gasteiger partial charge in [-0.25, -0.2) is 16.8 Å². The largest absolute Gasteiger partial charge is 0.383 e. The number of halogens is 1. The Labute approximate surface area is 198 Å². The SMILES string of the molecule is CC1CN(S(=O)(=O)c2c(Cl)ccc3c(NCC4(C)CCNC4=O)ccnc23)CCS(=O)(=O)C1. The Morgan fingerprint density at radius 3 is 2.79 bits per heavy atom. The highest BCUT2D eigenvalue weighted by atomic mass is 35.5. The lowest BCUT2D eigenvalue weighted by Gasteiger charge is -2.24. The lowest BCUT2D eigenvalue weighted by Crippen LogP contribution is -2.36. The first kappa shape index (κ1) is 24.2. The van der Waals surface area contributed by atoms with Crippen LogP contribution >= 0.6 is 11.6 Å². The van der Waals surface area contributed by atoms with E-state index in [9.17, 15) is 21.6 Å². The second kappa shape index (κ2) is 8.68. The Morgan fingerprint density at radius 2 is 2.09 bits per heavy atom. The molecule has 1 aromatic heterocycles. The number of benzene rings is 1. The molecule has 1 aromatic carbocycles. The number of nitrogens with one attached hydrogen (secondary N) is 2. The van der Waals surface area contributed by atoms with Crippen molar-refractivity contribution in [2.45, 2.75) is 25.2 Å². The van der Waals surface area contributed by atoms with Crippen molar-refractivity contribution >= 4 is 54.0 Å². The number of anilines is 1. The Morgan fingerprint density at radius 1 is 1.33 bits per heavy atom. The maximum Gasteiger partial charge on any atom is 0.246 e. The second-order valence-corrected chi connectivity index (χ2v) is 13.6. The summed E-state index contributed by atoms with van der Waals surface area (Å²) in [5.41, 5.74) is 0.277. The summed E-state index contributed by atoms with van der Waals surface area (Å²) >= 11 is 6.38. The van der Waals surface area contributed by atoms with Crippen LogP contribution in [0, 0.1) is 11.3 Å². The number of sulfonamides is 1. The fourth-order valence-electron chi connectivity index (χ4n) is 4.40. The van der Waals surface area contributed by atoms with E-state index in [2.05, 4.69) is 15.6 Å².